The van der Waals surface area contributed by atoms with Crippen LogP contribution in [0.4, 0.5) is 0 Å². The van der Waals surface area contributed by atoms with Crippen molar-refractivity contribution in [3.8, 4) is 0 Å². The Morgan fingerprint density at radius 1 is 1.17 bits per heavy atom. The second-order valence-electron chi connectivity index (χ2n) is 8.92. The van der Waals surface area contributed by atoms with E-state index in [1.165, 1.54) is 49.0 Å². The van der Waals surface area contributed by atoms with Gasteiger partial charge in [0.1, 0.15) is 0 Å². The highest BCUT2D eigenvalue weighted by molar-refractivity contribution is 8.00. The molecule has 0 aromatic heterocycles. The monoisotopic (exact) mass is 428 g/mol. The Kier molecular flexibility index (Phi) is 7.24. The van der Waals surface area contributed by atoms with Crippen LogP contribution in [0.2, 0.25) is 0 Å². The minimum absolute atomic E-state index is 0.285. The van der Waals surface area contributed by atoms with Crippen LogP contribution < -0.4 is 5.32 Å². The van der Waals surface area contributed by atoms with E-state index in [0.29, 0.717) is 17.7 Å². The molecule has 1 saturated carbocycles. The molecule has 3 fully saturated rings. The molecule has 2 heterocycles. The highest BCUT2D eigenvalue weighted by Gasteiger charge is 2.38. The first kappa shape index (κ1) is 21.5. The van der Waals surface area contributed by atoms with Crippen LogP contribution in [0, 0.1) is 0 Å². The fourth-order valence-electron chi connectivity index (χ4n) is 5.03. The Balaban J connectivity index is 1.42. The maximum Gasteiger partial charge on any atom is 0.222 e. The first-order valence-corrected chi connectivity index (χ1v) is 12.7. The number of nitrogens with zero attached hydrogens (tertiary/aromatic N) is 3. The van der Waals surface area contributed by atoms with Gasteiger partial charge in [-0.15, -0.1) is 0 Å². The maximum atomic E-state index is 11.9. The maximum absolute atomic E-state index is 11.9. The molecule has 0 unspecified atom stereocenters. The third-order valence-corrected chi connectivity index (χ3v) is 8.13. The Labute approximate surface area is 185 Å². The van der Waals surface area contributed by atoms with Crippen molar-refractivity contribution >= 4 is 23.6 Å². The predicted molar refractivity (Wildman–Crippen MR) is 126 cm³/mol. The number of likely N-dealkylation sites (tertiary alicyclic amines) is 1. The molecule has 0 bridgehead atoms. The van der Waals surface area contributed by atoms with Crippen molar-refractivity contribution in [2.45, 2.75) is 69.7 Å². The van der Waals surface area contributed by atoms with Gasteiger partial charge in [-0.05, 0) is 37.3 Å². The highest BCUT2D eigenvalue weighted by Crippen LogP contribution is 2.42. The molecule has 2 aliphatic heterocycles. The van der Waals surface area contributed by atoms with E-state index in [9.17, 15) is 4.79 Å². The highest BCUT2D eigenvalue weighted by atomic mass is 32.2. The van der Waals surface area contributed by atoms with Gasteiger partial charge in [0.05, 0.1) is 6.54 Å². The van der Waals surface area contributed by atoms with Gasteiger partial charge in [-0.1, -0.05) is 43.5 Å². The summed E-state index contributed by atoms with van der Waals surface area (Å²) in [6, 6.07) is 8.59. The van der Waals surface area contributed by atoms with E-state index in [0.717, 1.165) is 45.1 Å². The van der Waals surface area contributed by atoms with E-state index in [-0.39, 0.29) is 5.91 Å². The number of hydrogen-bond donors (Lipinski definition) is 1. The largest absolute Gasteiger partial charge is 0.357 e. The molecule has 5 nitrogen and oxygen atoms in total. The van der Waals surface area contributed by atoms with E-state index in [2.05, 4.69) is 53.2 Å². The van der Waals surface area contributed by atoms with Crippen LogP contribution in [-0.4, -0.2) is 58.3 Å². The van der Waals surface area contributed by atoms with Crippen molar-refractivity contribution in [2.75, 3.05) is 31.9 Å². The van der Waals surface area contributed by atoms with Crippen LogP contribution in [-0.2, 0) is 17.9 Å². The van der Waals surface area contributed by atoms with Gasteiger partial charge >= 0.3 is 0 Å². The Bertz CT molecular complexity index is 754. The standard InChI is InChI=1S/C24H36N4OS/c1-2-25-23(28-14-15-30-24(19-28)11-4-3-5-12-24)26-17-20-8-6-9-21(16-20)18-27-13-7-10-22(27)29/h6,8-9,16H,2-5,7,10-15,17-19H2,1H3,(H,25,26). The number of aliphatic imine (C=N–C) groups is 1. The average molecular weight is 429 g/mol. The Hall–Kier alpha value is -1.69. The van der Waals surface area contributed by atoms with E-state index in [4.69, 9.17) is 4.99 Å². The third-order valence-electron chi connectivity index (χ3n) is 6.60. The quantitative estimate of drug-likeness (QED) is 0.568. The van der Waals surface area contributed by atoms with Crippen molar-refractivity contribution in [3.63, 3.8) is 0 Å². The second-order valence-corrected chi connectivity index (χ2v) is 10.5. The molecule has 1 N–H and O–H groups in total. The summed E-state index contributed by atoms with van der Waals surface area (Å²) in [6.45, 7) is 7.55. The number of rotatable bonds is 5. The number of benzene rings is 1. The lowest BCUT2D eigenvalue weighted by Crippen LogP contribution is -2.53. The van der Waals surface area contributed by atoms with E-state index >= 15 is 0 Å². The van der Waals surface area contributed by atoms with Gasteiger partial charge < -0.3 is 15.1 Å². The molecule has 164 valence electrons. The summed E-state index contributed by atoms with van der Waals surface area (Å²) in [5, 5.41) is 3.54. The van der Waals surface area contributed by atoms with Crippen LogP contribution in [0.25, 0.3) is 0 Å². The van der Waals surface area contributed by atoms with Crippen LogP contribution >= 0.6 is 11.8 Å². The number of nitrogens with one attached hydrogen (secondary N) is 1. The minimum Gasteiger partial charge on any atom is -0.357 e. The fourth-order valence-corrected chi connectivity index (χ4v) is 6.60. The zero-order chi connectivity index (χ0) is 20.8. The van der Waals surface area contributed by atoms with Crippen molar-refractivity contribution in [1.29, 1.82) is 0 Å². The summed E-state index contributed by atoms with van der Waals surface area (Å²) in [5.41, 5.74) is 2.42. The van der Waals surface area contributed by atoms with Gasteiger partial charge in [0.25, 0.3) is 0 Å². The van der Waals surface area contributed by atoms with Crippen molar-refractivity contribution in [1.82, 2.24) is 15.1 Å². The average Bonchev–Trinajstić information content (AvgIpc) is 3.16. The van der Waals surface area contributed by atoms with Crippen molar-refractivity contribution in [2.24, 2.45) is 4.99 Å². The Morgan fingerprint density at radius 3 is 2.77 bits per heavy atom. The van der Waals surface area contributed by atoms with Crippen molar-refractivity contribution in [3.05, 3.63) is 35.4 Å². The molecule has 1 spiro atoms. The zero-order valence-corrected chi connectivity index (χ0v) is 19.2. The van der Waals surface area contributed by atoms with Crippen LogP contribution in [0.3, 0.4) is 0 Å². The minimum atomic E-state index is 0.285. The molecule has 3 aliphatic rings. The lowest BCUT2D eigenvalue weighted by Gasteiger charge is -2.45. The molecule has 1 amide bonds. The van der Waals surface area contributed by atoms with Crippen LogP contribution in [0.5, 0.6) is 0 Å². The topological polar surface area (TPSA) is 47.9 Å². The number of carbonyl (C=O) groups is 1. The molecule has 0 radical (unpaired) electrons. The van der Waals surface area contributed by atoms with Gasteiger partial charge in [-0.3, -0.25) is 4.79 Å². The molecule has 1 aliphatic carbocycles. The summed E-state index contributed by atoms with van der Waals surface area (Å²) in [5.74, 6) is 2.54. The lowest BCUT2D eigenvalue weighted by atomic mass is 9.87. The number of hydrogen-bond acceptors (Lipinski definition) is 3. The summed E-state index contributed by atoms with van der Waals surface area (Å²) in [7, 11) is 0. The zero-order valence-electron chi connectivity index (χ0n) is 18.4. The summed E-state index contributed by atoms with van der Waals surface area (Å²) in [4.78, 5) is 21.4. The summed E-state index contributed by atoms with van der Waals surface area (Å²) in [6.07, 6.45) is 8.54. The first-order chi connectivity index (χ1) is 14.7. The summed E-state index contributed by atoms with van der Waals surface area (Å²) < 4.78 is 0.439. The number of amides is 1. The normalized spacial score (nSPS) is 22.0. The van der Waals surface area contributed by atoms with Crippen LogP contribution in [0.15, 0.2) is 29.3 Å². The number of thioether (sulfide) groups is 1. The molecule has 1 aromatic rings. The second kappa shape index (κ2) is 10.1. The summed E-state index contributed by atoms with van der Waals surface area (Å²) >= 11 is 2.20. The first-order valence-electron chi connectivity index (χ1n) is 11.7. The lowest BCUT2D eigenvalue weighted by molar-refractivity contribution is -0.128. The Morgan fingerprint density at radius 2 is 2.00 bits per heavy atom. The molecule has 0 atom stereocenters. The molecule has 6 heteroatoms. The smallest absolute Gasteiger partial charge is 0.222 e. The molecule has 2 saturated heterocycles. The van der Waals surface area contributed by atoms with E-state index in [1.807, 2.05) is 4.90 Å². The molecule has 30 heavy (non-hydrogen) atoms. The predicted octanol–water partition coefficient (Wildman–Crippen LogP) is 4.03. The number of carbonyl (C=O) groups excluding carboxylic acids is 1. The molecular weight excluding hydrogens is 392 g/mol. The molecule has 4 rings (SSSR count). The van der Waals surface area contributed by atoms with E-state index in [1.54, 1.807) is 0 Å². The SMILES string of the molecule is CCNC(=NCc1cccc(CN2CCCC2=O)c1)N1CCSC2(CCCCC2)C1. The third kappa shape index (κ3) is 5.32. The van der Waals surface area contributed by atoms with Gasteiger partial charge in [0, 0.05) is 49.6 Å². The van der Waals surface area contributed by atoms with Gasteiger partial charge in [0.2, 0.25) is 5.91 Å². The van der Waals surface area contributed by atoms with E-state index < -0.39 is 0 Å². The van der Waals surface area contributed by atoms with Gasteiger partial charge in [-0.25, -0.2) is 4.99 Å². The van der Waals surface area contributed by atoms with Gasteiger partial charge in [-0.2, -0.15) is 11.8 Å². The number of guanidine groups is 1. The molecular formula is C24H36N4OS. The van der Waals surface area contributed by atoms with Crippen LogP contribution in [0.1, 0.15) is 63.0 Å². The molecule has 1 aromatic carbocycles. The fraction of sp³-hybridized carbons (Fsp3) is 0.667. The van der Waals surface area contributed by atoms with Crippen molar-refractivity contribution < 1.29 is 4.79 Å². The van der Waals surface area contributed by atoms with Gasteiger partial charge in [0.15, 0.2) is 5.96 Å².